The summed E-state index contributed by atoms with van der Waals surface area (Å²) in [5.74, 6) is 1.53. The van der Waals surface area contributed by atoms with E-state index in [0.29, 0.717) is 5.92 Å². The van der Waals surface area contributed by atoms with Gasteiger partial charge in [0.15, 0.2) is 0 Å². The molecule has 248 valence electrons. The van der Waals surface area contributed by atoms with E-state index in [1.165, 1.54) is 50.2 Å². The largest absolute Gasteiger partial charge is 0.493 e. The summed E-state index contributed by atoms with van der Waals surface area (Å²) < 4.78 is 20.2. The van der Waals surface area contributed by atoms with Crippen molar-refractivity contribution in [1.82, 2.24) is 0 Å². The van der Waals surface area contributed by atoms with Gasteiger partial charge in [-0.05, 0) is 117 Å². The minimum atomic E-state index is -0.210. The summed E-state index contributed by atoms with van der Waals surface area (Å²) in [5.41, 5.74) is 15.1. The number of halogens is 1. The van der Waals surface area contributed by atoms with E-state index in [-0.39, 0.29) is 5.82 Å². The van der Waals surface area contributed by atoms with Gasteiger partial charge in [0, 0.05) is 26.9 Å². The number of allylic oxidation sites excluding steroid dienone is 3. The number of rotatable bonds is 12. The number of nitrogens with two attached hydrogens (primary N) is 1. The maximum absolute atomic E-state index is 12.8. The van der Waals surface area contributed by atoms with Gasteiger partial charge < -0.3 is 10.5 Å². The van der Waals surface area contributed by atoms with Gasteiger partial charge in [-0.15, -0.1) is 11.3 Å². The van der Waals surface area contributed by atoms with Crippen molar-refractivity contribution in [1.29, 1.82) is 0 Å². The molecular formula is C41H55FN2OS. The van der Waals surface area contributed by atoms with Crippen molar-refractivity contribution >= 4 is 33.3 Å². The number of thiophene rings is 1. The molecule has 1 heterocycles. The van der Waals surface area contributed by atoms with E-state index in [4.69, 9.17) is 10.5 Å². The zero-order chi connectivity index (χ0) is 34.2. The highest BCUT2D eigenvalue weighted by Gasteiger charge is 2.11. The summed E-state index contributed by atoms with van der Waals surface area (Å²) in [6.45, 7) is 23.4. The Kier molecular flexibility index (Phi) is 16.5. The number of ether oxygens (including phenoxy) is 1. The first-order chi connectivity index (χ1) is 22.1. The molecule has 0 saturated heterocycles. The molecule has 3 aromatic carbocycles. The minimum Gasteiger partial charge on any atom is -0.493 e. The summed E-state index contributed by atoms with van der Waals surface area (Å²) >= 11 is 1.81. The van der Waals surface area contributed by atoms with E-state index in [2.05, 4.69) is 75.7 Å². The Balaban J connectivity index is 0.000000335. The smallest absolute Gasteiger partial charge is 0.123 e. The highest BCUT2D eigenvalue weighted by Crippen LogP contribution is 2.37. The van der Waals surface area contributed by atoms with E-state index in [9.17, 15) is 4.39 Å². The fraction of sp³-hybridized carbons (Fsp3) is 0.390. The number of anilines is 1. The summed E-state index contributed by atoms with van der Waals surface area (Å²) in [5, 5.41) is 1.18. The Morgan fingerprint density at radius 3 is 2.22 bits per heavy atom. The van der Waals surface area contributed by atoms with Crippen LogP contribution in [0.1, 0.15) is 91.2 Å². The molecule has 5 heteroatoms. The topological polar surface area (TPSA) is 47.6 Å². The molecule has 2 N–H and O–H groups in total. The normalized spacial score (nSPS) is 12.1. The van der Waals surface area contributed by atoms with E-state index in [1.54, 1.807) is 29.7 Å². The molecule has 0 fully saturated rings. The van der Waals surface area contributed by atoms with Crippen molar-refractivity contribution in [3.05, 3.63) is 106 Å². The van der Waals surface area contributed by atoms with Gasteiger partial charge in [-0.3, -0.25) is 4.99 Å². The van der Waals surface area contributed by atoms with Gasteiger partial charge in [0.25, 0.3) is 0 Å². The predicted octanol–water partition coefficient (Wildman–Crippen LogP) is 12.4. The predicted molar refractivity (Wildman–Crippen MR) is 203 cm³/mol. The first-order valence-corrected chi connectivity index (χ1v) is 17.6. The van der Waals surface area contributed by atoms with Crippen LogP contribution >= 0.6 is 11.3 Å². The molecule has 1 aromatic heterocycles. The van der Waals surface area contributed by atoms with Gasteiger partial charge in [0.2, 0.25) is 0 Å². The maximum atomic E-state index is 12.8. The Hall–Kier alpha value is -3.70. The summed E-state index contributed by atoms with van der Waals surface area (Å²) in [6, 6.07) is 19.7. The number of nitrogen functional groups attached to an aromatic ring is 1. The molecule has 0 radical (unpaired) electrons. The molecule has 1 atom stereocenters. The quantitative estimate of drug-likeness (QED) is 0.123. The van der Waals surface area contributed by atoms with Crippen LogP contribution in [-0.4, -0.2) is 12.8 Å². The van der Waals surface area contributed by atoms with Crippen LogP contribution in [0.4, 0.5) is 10.1 Å². The van der Waals surface area contributed by atoms with Crippen molar-refractivity contribution in [2.24, 2.45) is 10.9 Å². The van der Waals surface area contributed by atoms with Crippen molar-refractivity contribution in [2.75, 3.05) is 12.3 Å². The molecule has 3 nitrogen and oxygen atoms in total. The van der Waals surface area contributed by atoms with Crippen LogP contribution in [0.3, 0.4) is 0 Å². The Labute approximate surface area is 282 Å². The van der Waals surface area contributed by atoms with Crippen LogP contribution in [0, 0.1) is 11.7 Å². The molecule has 0 aliphatic carbocycles. The lowest BCUT2D eigenvalue weighted by Gasteiger charge is -2.14. The molecule has 0 amide bonds. The van der Waals surface area contributed by atoms with E-state index < -0.39 is 0 Å². The molecule has 0 spiro atoms. The average molecular weight is 643 g/mol. The molecular weight excluding hydrogens is 588 g/mol. The highest BCUT2D eigenvalue weighted by molar-refractivity contribution is 7.19. The van der Waals surface area contributed by atoms with Gasteiger partial charge in [0.05, 0.1) is 12.3 Å². The first-order valence-electron chi connectivity index (χ1n) is 16.8. The van der Waals surface area contributed by atoms with E-state index in [0.717, 1.165) is 66.1 Å². The standard InChI is InChI=1S/C24H31NOS.C15H18FN.C2H6/c1-5-16(4)12-13-26-21-10-8-18(14-17(21)6-2)19-9-11-23-20(15-19)24(25)22(7-3)27-23;1-5-17-12(4)15(11(2)3)10-13-6-8-14(16)9-7-13;1-2/h8-11,14-16H,5-7,12-13,25H2,1-4H3;5-9H,2,10H2,1,3-4H3;1-2H3/b;15-12-,17-5?;. The maximum Gasteiger partial charge on any atom is 0.123 e. The van der Waals surface area contributed by atoms with Gasteiger partial charge in [-0.2, -0.15) is 0 Å². The Morgan fingerprint density at radius 1 is 0.978 bits per heavy atom. The lowest BCUT2D eigenvalue weighted by molar-refractivity contribution is 0.279. The number of hydrogen-bond acceptors (Lipinski definition) is 4. The van der Waals surface area contributed by atoms with Gasteiger partial charge in [-0.1, -0.05) is 84.4 Å². The molecule has 1 unspecified atom stereocenters. The number of aliphatic imine (C=N–C) groups is 1. The van der Waals surface area contributed by atoms with Crippen LogP contribution in [0.5, 0.6) is 5.75 Å². The average Bonchev–Trinajstić information content (AvgIpc) is 3.40. The zero-order valence-electron chi connectivity index (χ0n) is 29.6. The van der Waals surface area contributed by atoms with Crippen LogP contribution in [-0.2, 0) is 19.3 Å². The molecule has 0 aliphatic heterocycles. The molecule has 0 aliphatic rings. The molecule has 4 aromatic rings. The molecule has 0 bridgehead atoms. The number of aryl methyl sites for hydroxylation is 2. The highest BCUT2D eigenvalue weighted by atomic mass is 32.1. The number of fused-ring (bicyclic) bond motifs is 1. The van der Waals surface area contributed by atoms with Crippen molar-refractivity contribution in [3.8, 4) is 16.9 Å². The summed E-state index contributed by atoms with van der Waals surface area (Å²) in [7, 11) is 0. The third kappa shape index (κ3) is 11.0. The molecule has 4 rings (SSSR count). The second-order valence-corrected chi connectivity index (χ2v) is 12.5. The van der Waals surface area contributed by atoms with Crippen molar-refractivity contribution < 1.29 is 9.13 Å². The van der Waals surface area contributed by atoms with Gasteiger partial charge >= 0.3 is 0 Å². The minimum absolute atomic E-state index is 0.210. The lowest BCUT2D eigenvalue weighted by atomic mass is 9.98. The Bertz CT molecular complexity index is 1600. The first kappa shape index (κ1) is 38.5. The van der Waals surface area contributed by atoms with Crippen molar-refractivity contribution in [3.63, 3.8) is 0 Å². The fourth-order valence-corrected chi connectivity index (χ4v) is 6.07. The van der Waals surface area contributed by atoms with Crippen LogP contribution in [0.25, 0.3) is 21.2 Å². The van der Waals surface area contributed by atoms with E-state index >= 15 is 0 Å². The Morgan fingerprint density at radius 2 is 1.63 bits per heavy atom. The number of hydrogen-bond donors (Lipinski definition) is 1. The second-order valence-electron chi connectivity index (χ2n) is 11.4. The summed E-state index contributed by atoms with van der Waals surface area (Å²) in [6.07, 6.45) is 6.77. The SMILES string of the molecule is C=C(C)/C(Cc1ccc(F)cc1)=C(/C)N=CC.CC.CCc1cc(-c2ccc3sc(CC)c(N)c3c2)ccc1OCCC(C)CC. The van der Waals surface area contributed by atoms with Crippen molar-refractivity contribution in [2.45, 2.75) is 94.4 Å². The van der Waals surface area contributed by atoms with Gasteiger partial charge in [0.1, 0.15) is 11.6 Å². The van der Waals surface area contributed by atoms with Crippen LogP contribution in [0.15, 0.2) is 89.1 Å². The second kappa shape index (κ2) is 19.7. The fourth-order valence-electron chi connectivity index (χ4n) is 5.03. The number of nitrogens with zero attached hydrogens (tertiary/aromatic N) is 1. The molecule has 0 saturated carbocycles. The van der Waals surface area contributed by atoms with Gasteiger partial charge in [-0.25, -0.2) is 4.39 Å². The zero-order valence-corrected chi connectivity index (χ0v) is 30.4. The van der Waals surface area contributed by atoms with Crippen LogP contribution < -0.4 is 10.5 Å². The number of benzene rings is 3. The summed E-state index contributed by atoms with van der Waals surface area (Å²) in [4.78, 5) is 5.56. The lowest BCUT2D eigenvalue weighted by Crippen LogP contribution is -2.04. The van der Waals surface area contributed by atoms with Crippen LogP contribution in [0.2, 0.25) is 0 Å². The third-order valence-electron chi connectivity index (χ3n) is 8.03. The third-order valence-corrected chi connectivity index (χ3v) is 9.36. The monoisotopic (exact) mass is 642 g/mol. The molecule has 46 heavy (non-hydrogen) atoms. The van der Waals surface area contributed by atoms with E-state index in [1.807, 2.05) is 34.6 Å².